The first kappa shape index (κ1) is 19.5. The highest BCUT2D eigenvalue weighted by Crippen LogP contribution is 2.35. The second kappa shape index (κ2) is 8.69. The van der Waals surface area contributed by atoms with Crippen molar-refractivity contribution in [3.8, 4) is 0 Å². The minimum Gasteiger partial charge on any atom is -0.364 e. The molecule has 0 radical (unpaired) electrons. The van der Waals surface area contributed by atoms with E-state index in [0.29, 0.717) is 11.5 Å². The molecule has 2 heteroatoms. The van der Waals surface area contributed by atoms with Gasteiger partial charge in [0, 0.05) is 24.3 Å². The van der Waals surface area contributed by atoms with Gasteiger partial charge in [0.1, 0.15) is 0 Å². The number of benzene rings is 2. The van der Waals surface area contributed by atoms with Crippen LogP contribution in [0.1, 0.15) is 57.9 Å². The summed E-state index contributed by atoms with van der Waals surface area (Å²) >= 11 is 0. The van der Waals surface area contributed by atoms with Gasteiger partial charge >= 0.3 is 0 Å². The first-order chi connectivity index (χ1) is 13.6. The predicted molar refractivity (Wildman–Crippen MR) is 120 cm³/mol. The number of para-hydroxylation sites is 1. The van der Waals surface area contributed by atoms with Gasteiger partial charge in [-0.3, -0.25) is 0 Å². The SMILES string of the molecule is CC1(C)CCN([C@H]2CC[C@@H](N(Cc3ccccc3)c3ccccc3)CC2)CC1. The normalized spacial score (nSPS) is 25.4. The van der Waals surface area contributed by atoms with Gasteiger partial charge < -0.3 is 9.80 Å². The zero-order chi connectivity index (χ0) is 19.4. The summed E-state index contributed by atoms with van der Waals surface area (Å²) in [5.74, 6) is 0. The molecule has 2 nitrogen and oxygen atoms in total. The molecule has 2 aliphatic rings. The highest BCUT2D eigenvalue weighted by Gasteiger charge is 2.33. The summed E-state index contributed by atoms with van der Waals surface area (Å²) in [6.07, 6.45) is 8.04. The molecule has 0 spiro atoms. The van der Waals surface area contributed by atoms with Crippen LogP contribution in [0, 0.1) is 5.41 Å². The van der Waals surface area contributed by atoms with Gasteiger partial charge in [0.05, 0.1) is 0 Å². The molecule has 150 valence electrons. The smallest absolute Gasteiger partial charge is 0.0432 e. The van der Waals surface area contributed by atoms with Crippen LogP contribution in [0.4, 0.5) is 5.69 Å². The lowest BCUT2D eigenvalue weighted by Gasteiger charge is -2.45. The first-order valence-corrected chi connectivity index (χ1v) is 11.2. The van der Waals surface area contributed by atoms with Gasteiger partial charge in [-0.1, -0.05) is 62.4 Å². The van der Waals surface area contributed by atoms with Crippen molar-refractivity contribution in [1.82, 2.24) is 4.90 Å². The molecule has 2 aromatic rings. The van der Waals surface area contributed by atoms with Crippen LogP contribution in [0.2, 0.25) is 0 Å². The Hall–Kier alpha value is -1.80. The molecular formula is C26H36N2. The van der Waals surface area contributed by atoms with E-state index in [2.05, 4.69) is 84.3 Å². The zero-order valence-electron chi connectivity index (χ0n) is 17.7. The minimum absolute atomic E-state index is 0.549. The van der Waals surface area contributed by atoms with Crippen LogP contribution in [0.5, 0.6) is 0 Å². The Kier molecular flexibility index (Phi) is 6.06. The van der Waals surface area contributed by atoms with E-state index in [1.165, 1.54) is 62.9 Å². The van der Waals surface area contributed by atoms with Gasteiger partial charge in [0.2, 0.25) is 0 Å². The molecule has 0 N–H and O–H groups in total. The van der Waals surface area contributed by atoms with Crippen molar-refractivity contribution in [2.45, 2.75) is 71.0 Å². The van der Waals surface area contributed by atoms with Crippen molar-refractivity contribution in [3.05, 3.63) is 66.2 Å². The third-order valence-corrected chi connectivity index (χ3v) is 7.06. The fraction of sp³-hybridized carbons (Fsp3) is 0.538. The van der Waals surface area contributed by atoms with Crippen LogP contribution in [-0.4, -0.2) is 30.1 Å². The lowest BCUT2D eigenvalue weighted by atomic mass is 9.80. The van der Waals surface area contributed by atoms with E-state index in [1.807, 2.05) is 0 Å². The van der Waals surface area contributed by atoms with Crippen molar-refractivity contribution in [3.63, 3.8) is 0 Å². The van der Waals surface area contributed by atoms with Crippen LogP contribution in [-0.2, 0) is 6.54 Å². The number of hydrogen-bond donors (Lipinski definition) is 0. The number of nitrogens with zero attached hydrogens (tertiary/aromatic N) is 2. The topological polar surface area (TPSA) is 6.48 Å². The minimum atomic E-state index is 0.549. The molecule has 1 aliphatic heterocycles. The molecule has 1 saturated carbocycles. The first-order valence-electron chi connectivity index (χ1n) is 11.2. The maximum absolute atomic E-state index is 2.80. The quantitative estimate of drug-likeness (QED) is 0.619. The Balaban J connectivity index is 1.41. The van der Waals surface area contributed by atoms with Crippen molar-refractivity contribution in [2.24, 2.45) is 5.41 Å². The number of likely N-dealkylation sites (tertiary alicyclic amines) is 1. The highest BCUT2D eigenvalue weighted by atomic mass is 15.2. The van der Waals surface area contributed by atoms with E-state index in [9.17, 15) is 0 Å². The van der Waals surface area contributed by atoms with E-state index in [-0.39, 0.29) is 0 Å². The molecule has 1 heterocycles. The molecule has 0 aromatic heterocycles. The number of hydrogen-bond acceptors (Lipinski definition) is 2. The van der Waals surface area contributed by atoms with Crippen LogP contribution >= 0.6 is 0 Å². The zero-order valence-corrected chi connectivity index (χ0v) is 17.7. The summed E-state index contributed by atoms with van der Waals surface area (Å²) in [5, 5.41) is 0. The molecular weight excluding hydrogens is 340 g/mol. The molecule has 0 bridgehead atoms. The standard InChI is InChI=1S/C26H36N2/c1-26(2)17-19-27(20-18-26)23-13-15-25(16-14-23)28(24-11-7-4-8-12-24)21-22-9-5-3-6-10-22/h3-12,23,25H,13-21H2,1-2H3/t23-,25+. The van der Waals surface area contributed by atoms with E-state index in [0.717, 1.165) is 12.6 Å². The van der Waals surface area contributed by atoms with E-state index >= 15 is 0 Å². The van der Waals surface area contributed by atoms with Crippen LogP contribution < -0.4 is 4.90 Å². The van der Waals surface area contributed by atoms with Crippen molar-refractivity contribution >= 4 is 5.69 Å². The van der Waals surface area contributed by atoms with Crippen LogP contribution in [0.25, 0.3) is 0 Å². The lowest BCUT2D eigenvalue weighted by Crippen LogP contribution is -2.47. The van der Waals surface area contributed by atoms with Crippen molar-refractivity contribution < 1.29 is 0 Å². The molecule has 4 rings (SSSR count). The third kappa shape index (κ3) is 4.78. The van der Waals surface area contributed by atoms with E-state index in [1.54, 1.807) is 0 Å². The Morgan fingerprint density at radius 3 is 2.00 bits per heavy atom. The highest BCUT2D eigenvalue weighted by molar-refractivity contribution is 5.48. The average Bonchev–Trinajstić information content (AvgIpc) is 2.74. The number of piperidine rings is 1. The number of rotatable bonds is 5. The average molecular weight is 377 g/mol. The second-order valence-corrected chi connectivity index (χ2v) is 9.61. The Morgan fingerprint density at radius 2 is 1.39 bits per heavy atom. The van der Waals surface area contributed by atoms with Gasteiger partial charge in [0.25, 0.3) is 0 Å². The molecule has 0 unspecified atom stereocenters. The summed E-state index contributed by atoms with van der Waals surface area (Å²) in [6.45, 7) is 8.48. The molecule has 2 aromatic carbocycles. The predicted octanol–water partition coefficient (Wildman–Crippen LogP) is 6.13. The fourth-order valence-corrected chi connectivity index (χ4v) is 5.06. The summed E-state index contributed by atoms with van der Waals surface area (Å²) in [4.78, 5) is 5.45. The van der Waals surface area contributed by atoms with Gasteiger partial charge in [-0.25, -0.2) is 0 Å². The van der Waals surface area contributed by atoms with Gasteiger partial charge in [-0.15, -0.1) is 0 Å². The molecule has 2 fully saturated rings. The number of anilines is 1. The summed E-state index contributed by atoms with van der Waals surface area (Å²) in [6, 6.07) is 23.4. The maximum atomic E-state index is 2.80. The summed E-state index contributed by atoms with van der Waals surface area (Å²) in [7, 11) is 0. The van der Waals surface area contributed by atoms with Crippen LogP contribution in [0.15, 0.2) is 60.7 Å². The second-order valence-electron chi connectivity index (χ2n) is 9.61. The molecule has 0 amide bonds. The lowest BCUT2D eigenvalue weighted by molar-refractivity contribution is 0.0730. The molecule has 0 atom stereocenters. The van der Waals surface area contributed by atoms with Crippen LogP contribution in [0.3, 0.4) is 0 Å². The summed E-state index contributed by atoms with van der Waals surface area (Å²) in [5.41, 5.74) is 3.33. The third-order valence-electron chi connectivity index (χ3n) is 7.06. The van der Waals surface area contributed by atoms with Gasteiger partial charge in [-0.05, 0) is 74.7 Å². The van der Waals surface area contributed by atoms with Gasteiger partial charge in [-0.2, -0.15) is 0 Å². The monoisotopic (exact) mass is 376 g/mol. The van der Waals surface area contributed by atoms with Gasteiger partial charge in [0.15, 0.2) is 0 Å². The Bertz CT molecular complexity index is 707. The van der Waals surface area contributed by atoms with E-state index < -0.39 is 0 Å². The molecule has 1 aliphatic carbocycles. The summed E-state index contributed by atoms with van der Waals surface area (Å²) < 4.78 is 0. The molecule has 1 saturated heterocycles. The largest absolute Gasteiger partial charge is 0.364 e. The van der Waals surface area contributed by atoms with Crippen molar-refractivity contribution in [1.29, 1.82) is 0 Å². The van der Waals surface area contributed by atoms with Crippen molar-refractivity contribution in [2.75, 3.05) is 18.0 Å². The Labute approximate surface area is 171 Å². The molecule has 28 heavy (non-hydrogen) atoms. The van der Waals surface area contributed by atoms with E-state index in [4.69, 9.17) is 0 Å². The maximum Gasteiger partial charge on any atom is 0.0432 e. The fourth-order valence-electron chi connectivity index (χ4n) is 5.06. The Morgan fingerprint density at radius 1 is 0.821 bits per heavy atom.